The molecular formula is C11H15BrN2O4S. The molecule has 1 amide bonds. The van der Waals surface area contributed by atoms with Crippen molar-refractivity contribution in [1.29, 1.82) is 0 Å². The molecule has 106 valence electrons. The molecule has 8 heteroatoms. The van der Waals surface area contributed by atoms with Crippen molar-refractivity contribution < 1.29 is 40.9 Å². The van der Waals surface area contributed by atoms with Gasteiger partial charge in [-0.05, 0) is 12.5 Å². The van der Waals surface area contributed by atoms with Gasteiger partial charge < -0.3 is 22.1 Å². The molecule has 0 saturated carbocycles. The third kappa shape index (κ3) is 2.51. The Labute approximate surface area is 123 Å². The van der Waals surface area contributed by atoms with E-state index in [0.29, 0.717) is 5.57 Å². The van der Waals surface area contributed by atoms with Crippen LogP contribution in [-0.2, 0) is 20.4 Å². The van der Waals surface area contributed by atoms with Gasteiger partial charge >= 0.3 is 5.97 Å². The first-order valence-corrected chi connectivity index (χ1v) is 6.92. The Morgan fingerprint density at radius 1 is 1.47 bits per heavy atom. The first-order valence-electron chi connectivity index (χ1n) is 5.54. The molecule has 0 bridgehead atoms. The standard InChI is InChI=1S/C11H14N2O4S.BrH/c1-5(2)12-7-9(14)13-8(11(15)16)6(3)4-18(17)10(7)13;/h7,10H,4H2,1-3H3,(H,15,16);1H/t7?,10-,18?;/m1./s1. The van der Waals surface area contributed by atoms with Crippen molar-refractivity contribution >= 4 is 28.4 Å². The minimum Gasteiger partial charge on any atom is -1.00 e. The van der Waals surface area contributed by atoms with Crippen molar-refractivity contribution in [1.82, 2.24) is 4.90 Å². The second-order valence-electron chi connectivity index (χ2n) is 4.68. The fourth-order valence-electron chi connectivity index (χ4n) is 2.27. The largest absolute Gasteiger partial charge is 1.00 e. The summed E-state index contributed by atoms with van der Waals surface area (Å²) in [5.74, 6) is -1.26. The summed E-state index contributed by atoms with van der Waals surface area (Å²) in [6.45, 7) is 5.21. The summed E-state index contributed by atoms with van der Waals surface area (Å²) >= 11 is 0. The van der Waals surface area contributed by atoms with Crippen LogP contribution in [0.3, 0.4) is 0 Å². The Morgan fingerprint density at radius 3 is 2.53 bits per heavy atom. The predicted molar refractivity (Wildman–Crippen MR) is 65.1 cm³/mol. The summed E-state index contributed by atoms with van der Waals surface area (Å²) in [7, 11) is -1.25. The number of aliphatic carboxylic acids is 1. The summed E-state index contributed by atoms with van der Waals surface area (Å²) in [5.41, 5.74) is 1.31. The maximum Gasteiger partial charge on any atom is 0.352 e. The highest BCUT2D eigenvalue weighted by Crippen LogP contribution is 2.32. The van der Waals surface area contributed by atoms with Crippen LogP contribution in [0, 0.1) is 0 Å². The van der Waals surface area contributed by atoms with Gasteiger partial charge in [-0.3, -0.25) is 13.9 Å². The molecule has 2 rings (SSSR count). The first-order chi connectivity index (χ1) is 8.34. The van der Waals surface area contributed by atoms with Crippen LogP contribution < -0.4 is 22.0 Å². The smallest absolute Gasteiger partial charge is 0.352 e. The van der Waals surface area contributed by atoms with E-state index in [-0.39, 0.29) is 34.3 Å². The number of β-lactam (4-membered cyclic amide) rings is 1. The van der Waals surface area contributed by atoms with Gasteiger partial charge in [0.15, 0.2) is 5.37 Å². The lowest BCUT2D eigenvalue weighted by Crippen LogP contribution is -3.00. The van der Waals surface area contributed by atoms with E-state index in [4.69, 9.17) is 5.11 Å². The van der Waals surface area contributed by atoms with Gasteiger partial charge in [-0.15, -0.1) is 0 Å². The average Bonchev–Trinajstić information content (AvgIpc) is 2.24. The molecule has 2 aliphatic heterocycles. The number of amides is 1. The zero-order chi connectivity index (χ0) is 13.6. The maximum atomic E-state index is 12.0. The lowest BCUT2D eigenvalue weighted by atomic mass is 10.0. The predicted octanol–water partition coefficient (Wildman–Crippen LogP) is -4.79. The lowest BCUT2D eigenvalue weighted by Gasteiger charge is -2.44. The highest BCUT2D eigenvalue weighted by Gasteiger charge is 2.59. The number of fused-ring (bicyclic) bond motifs is 1. The molecule has 19 heavy (non-hydrogen) atoms. The van der Waals surface area contributed by atoms with Gasteiger partial charge in [0.1, 0.15) is 11.4 Å². The molecule has 2 heterocycles. The molecule has 2 unspecified atom stereocenters. The fraction of sp³-hybridized carbons (Fsp3) is 0.545. The number of carbonyl (C=O) groups is 2. The molecule has 0 aromatic rings. The normalized spacial score (nSPS) is 29.1. The monoisotopic (exact) mass is 350 g/mol. The summed E-state index contributed by atoms with van der Waals surface area (Å²) in [5, 5.41) is 8.56. The van der Waals surface area contributed by atoms with Gasteiger partial charge in [0.05, 0.1) is 10.8 Å². The molecule has 0 aromatic heterocycles. The quantitative estimate of drug-likeness (QED) is 0.386. The topological polar surface area (TPSA) is 88.7 Å². The van der Waals surface area contributed by atoms with Crippen molar-refractivity contribution in [2.45, 2.75) is 32.2 Å². The molecule has 3 atom stereocenters. The zero-order valence-corrected chi connectivity index (χ0v) is 13.2. The van der Waals surface area contributed by atoms with Gasteiger partial charge in [-0.25, -0.2) is 9.79 Å². The number of nitrogens with zero attached hydrogens (tertiary/aromatic N) is 1. The molecule has 0 spiro atoms. The van der Waals surface area contributed by atoms with Gasteiger partial charge in [0.25, 0.3) is 11.9 Å². The van der Waals surface area contributed by atoms with Crippen LogP contribution in [0.15, 0.2) is 11.3 Å². The molecular weight excluding hydrogens is 336 g/mol. The van der Waals surface area contributed by atoms with E-state index in [1.807, 2.05) is 0 Å². The Kier molecular flexibility index (Phi) is 4.67. The van der Waals surface area contributed by atoms with E-state index in [2.05, 4.69) is 4.99 Å². The first kappa shape index (κ1) is 16.0. The Balaban J connectivity index is 0.00000180. The minimum atomic E-state index is -1.25. The van der Waals surface area contributed by atoms with Crippen molar-refractivity contribution in [3.8, 4) is 0 Å². The zero-order valence-electron chi connectivity index (χ0n) is 10.8. The summed E-state index contributed by atoms with van der Waals surface area (Å²) in [4.78, 5) is 27.2. The lowest BCUT2D eigenvalue weighted by molar-refractivity contribution is -0.504. The van der Waals surface area contributed by atoms with E-state index >= 15 is 0 Å². The van der Waals surface area contributed by atoms with Gasteiger partial charge in [0.2, 0.25) is 0 Å². The Morgan fingerprint density at radius 2 is 2.05 bits per heavy atom. The van der Waals surface area contributed by atoms with Crippen LogP contribution in [0.25, 0.3) is 0 Å². The van der Waals surface area contributed by atoms with E-state index < -0.39 is 28.2 Å². The number of carboxylic acids is 1. The maximum absolute atomic E-state index is 12.0. The number of hydrogen-bond donors (Lipinski definition) is 2. The molecule has 1 fully saturated rings. The van der Waals surface area contributed by atoms with E-state index in [0.717, 1.165) is 10.6 Å². The molecule has 0 radical (unpaired) electrons. The Bertz CT molecular complexity index is 525. The highest BCUT2D eigenvalue weighted by molar-refractivity contribution is 7.86. The summed E-state index contributed by atoms with van der Waals surface area (Å²) in [6.07, 6.45) is 0. The molecule has 6 nitrogen and oxygen atoms in total. The molecule has 2 aliphatic rings. The van der Waals surface area contributed by atoms with E-state index in [1.165, 1.54) is 0 Å². The van der Waals surface area contributed by atoms with E-state index in [9.17, 15) is 13.8 Å². The van der Waals surface area contributed by atoms with Crippen molar-refractivity contribution in [3.63, 3.8) is 0 Å². The average molecular weight is 351 g/mol. The number of rotatable bonds is 2. The van der Waals surface area contributed by atoms with Crippen molar-refractivity contribution in [2.24, 2.45) is 0 Å². The van der Waals surface area contributed by atoms with Gasteiger partial charge in [-0.2, -0.15) is 0 Å². The van der Waals surface area contributed by atoms with Crippen LogP contribution in [0.2, 0.25) is 0 Å². The number of halogens is 1. The van der Waals surface area contributed by atoms with Crippen LogP contribution >= 0.6 is 0 Å². The number of hydrogen-bond acceptors (Lipinski definition) is 3. The number of nitrogens with one attached hydrogen (secondary N) is 1. The van der Waals surface area contributed by atoms with E-state index in [1.54, 1.807) is 20.8 Å². The SMILES string of the molecule is CC(C)=[NH+]C1C(=O)N2C(C(=O)O)=C(C)CS(=O)[C@H]12.[Br-]. The van der Waals surface area contributed by atoms with Crippen LogP contribution in [0.5, 0.6) is 0 Å². The van der Waals surface area contributed by atoms with Gasteiger partial charge in [-0.1, -0.05) is 0 Å². The second kappa shape index (κ2) is 5.54. The van der Waals surface area contributed by atoms with Crippen molar-refractivity contribution in [3.05, 3.63) is 11.3 Å². The highest BCUT2D eigenvalue weighted by atomic mass is 79.9. The van der Waals surface area contributed by atoms with Crippen LogP contribution in [0.4, 0.5) is 0 Å². The van der Waals surface area contributed by atoms with Crippen LogP contribution in [0.1, 0.15) is 20.8 Å². The molecule has 2 N–H and O–H groups in total. The summed E-state index contributed by atoms with van der Waals surface area (Å²) < 4.78 is 12.0. The van der Waals surface area contributed by atoms with Crippen LogP contribution in [-0.4, -0.2) is 49.0 Å². The fourth-order valence-corrected chi connectivity index (χ4v) is 3.94. The van der Waals surface area contributed by atoms with Gasteiger partial charge in [0, 0.05) is 19.6 Å². The molecule has 0 aromatic carbocycles. The Hall–Kier alpha value is -1.02. The number of carbonyl (C=O) groups excluding carboxylic acids is 1. The minimum absolute atomic E-state index is 0. The number of carboxylic acid groups (broad SMARTS) is 1. The van der Waals surface area contributed by atoms with Crippen molar-refractivity contribution in [2.75, 3.05) is 5.75 Å². The third-order valence-corrected chi connectivity index (χ3v) is 4.70. The molecule has 0 aliphatic carbocycles. The summed E-state index contributed by atoms with van der Waals surface area (Å²) in [6, 6.07) is -0.571. The third-order valence-electron chi connectivity index (χ3n) is 2.96. The molecule has 1 saturated heterocycles. The second-order valence-corrected chi connectivity index (χ2v) is 6.21.